The van der Waals surface area contributed by atoms with Crippen molar-refractivity contribution in [3.05, 3.63) is 210 Å². The first-order valence-electron chi connectivity index (χ1n) is 22.9. The third-order valence-corrected chi connectivity index (χ3v) is 13.1. The maximum Gasteiger partial charge on any atom is 0.179 e. The number of aromatic nitrogens is 2. The van der Waals surface area contributed by atoms with Gasteiger partial charge in [-0.2, -0.15) is 5.26 Å². The second kappa shape index (κ2) is 16.1. The lowest BCUT2D eigenvalue weighted by Crippen LogP contribution is -2.17. The highest BCUT2D eigenvalue weighted by molar-refractivity contribution is 6.22. The molecule has 7 aromatic carbocycles. The number of fused-ring (bicyclic) bond motifs is 6. The van der Waals surface area contributed by atoms with Gasteiger partial charge in [0.2, 0.25) is 0 Å². The van der Waals surface area contributed by atoms with Crippen LogP contribution in [0.3, 0.4) is 0 Å². The van der Waals surface area contributed by atoms with Crippen molar-refractivity contribution in [3.63, 3.8) is 0 Å². The molecule has 1 aliphatic rings. The van der Waals surface area contributed by atoms with E-state index in [1.807, 2.05) is 48.5 Å². The summed E-state index contributed by atoms with van der Waals surface area (Å²) in [6.45, 7) is 13.8. The first-order chi connectivity index (χ1) is 32.4. The number of furan rings is 1. The minimum atomic E-state index is -0.00849. The fourth-order valence-corrected chi connectivity index (χ4v) is 9.41. The molecule has 11 rings (SSSR count). The monoisotopic (exact) mass is 867 g/mol. The molecule has 0 atom stereocenters. The van der Waals surface area contributed by atoms with Gasteiger partial charge in [-0.25, -0.2) is 9.98 Å². The Morgan fingerprint density at radius 1 is 0.552 bits per heavy atom. The van der Waals surface area contributed by atoms with Crippen LogP contribution in [0.5, 0.6) is 0 Å². The SMILES string of the molecule is CC(C)(C)c1cc(-n2c3ccccc3c3cc(-c4ccc5oc6ccnc(C7=NC(c8ccccc8)=CCC(c8ccc(-c9ccccc9C#N)cc8)=N7)c6c5c4)ccc32)cc(C(C)(C)C)c1. The lowest BCUT2D eigenvalue weighted by atomic mass is 9.80. The topological polar surface area (TPSA) is 79.5 Å². The number of aliphatic imine (C=N–C) groups is 2. The van der Waals surface area contributed by atoms with Gasteiger partial charge in [0.25, 0.3) is 0 Å². The summed E-state index contributed by atoms with van der Waals surface area (Å²) < 4.78 is 9.00. The van der Waals surface area contributed by atoms with Gasteiger partial charge >= 0.3 is 0 Å². The van der Waals surface area contributed by atoms with Crippen molar-refractivity contribution in [2.24, 2.45) is 9.98 Å². The number of amidine groups is 1. The quantitative estimate of drug-likeness (QED) is 0.167. The highest BCUT2D eigenvalue weighted by atomic mass is 16.3. The first kappa shape index (κ1) is 41.6. The molecule has 0 radical (unpaired) electrons. The first-order valence-corrected chi connectivity index (χ1v) is 22.9. The summed E-state index contributed by atoms with van der Waals surface area (Å²) in [6.07, 6.45) is 4.49. The molecule has 10 aromatic rings. The van der Waals surface area contributed by atoms with Crippen molar-refractivity contribution in [2.75, 3.05) is 0 Å². The van der Waals surface area contributed by atoms with Gasteiger partial charge in [-0.1, -0.05) is 157 Å². The Morgan fingerprint density at radius 3 is 1.94 bits per heavy atom. The minimum absolute atomic E-state index is 0.00849. The van der Waals surface area contributed by atoms with Crippen LogP contribution in [0, 0.1) is 11.3 Å². The number of allylic oxidation sites excluding steroid dienone is 1. The predicted octanol–water partition coefficient (Wildman–Crippen LogP) is 15.6. The summed E-state index contributed by atoms with van der Waals surface area (Å²) in [5.74, 6) is 0.514. The maximum atomic E-state index is 9.78. The van der Waals surface area contributed by atoms with E-state index < -0.39 is 0 Å². The second-order valence-electron chi connectivity index (χ2n) is 19.6. The molecule has 4 heterocycles. The third kappa shape index (κ3) is 7.53. The summed E-state index contributed by atoms with van der Waals surface area (Å²) in [4.78, 5) is 15.6. The fraction of sp³-hybridized carbons (Fsp3) is 0.148. The van der Waals surface area contributed by atoms with E-state index in [0.717, 1.165) is 66.7 Å². The van der Waals surface area contributed by atoms with Crippen molar-refractivity contribution in [3.8, 4) is 34.0 Å². The van der Waals surface area contributed by atoms with E-state index in [1.54, 1.807) is 6.20 Å². The molecule has 0 amide bonds. The van der Waals surface area contributed by atoms with E-state index in [0.29, 0.717) is 23.5 Å². The predicted molar refractivity (Wildman–Crippen MR) is 277 cm³/mol. The van der Waals surface area contributed by atoms with Crippen LogP contribution >= 0.6 is 0 Å². The van der Waals surface area contributed by atoms with Crippen LogP contribution in [0.25, 0.3) is 77.4 Å². The van der Waals surface area contributed by atoms with Crippen LogP contribution in [0.1, 0.15) is 81.5 Å². The summed E-state index contributed by atoms with van der Waals surface area (Å²) in [7, 11) is 0. The van der Waals surface area contributed by atoms with Crippen LogP contribution in [0.4, 0.5) is 0 Å². The van der Waals surface area contributed by atoms with Crippen LogP contribution in [-0.4, -0.2) is 21.1 Å². The van der Waals surface area contributed by atoms with Gasteiger partial charge in [-0.3, -0.25) is 4.98 Å². The average molecular weight is 868 g/mol. The van der Waals surface area contributed by atoms with Gasteiger partial charge in [-0.05, 0) is 110 Å². The molecule has 0 spiro atoms. The summed E-state index contributed by atoms with van der Waals surface area (Å²) >= 11 is 0. The van der Waals surface area contributed by atoms with Crippen molar-refractivity contribution >= 4 is 61.0 Å². The zero-order valence-electron chi connectivity index (χ0n) is 38.6. The molecule has 0 bridgehead atoms. The molecule has 1 aliphatic heterocycles. The average Bonchev–Trinajstić information content (AvgIpc) is 3.79. The second-order valence-corrected chi connectivity index (χ2v) is 19.6. The molecular formula is C61H49N5O. The van der Waals surface area contributed by atoms with E-state index in [-0.39, 0.29) is 10.8 Å². The normalized spacial score (nSPS) is 13.4. The van der Waals surface area contributed by atoms with Gasteiger partial charge in [0.1, 0.15) is 16.9 Å². The molecule has 0 saturated heterocycles. The Labute approximate surface area is 390 Å². The zero-order chi connectivity index (χ0) is 46.0. The van der Waals surface area contributed by atoms with Crippen LogP contribution < -0.4 is 0 Å². The lowest BCUT2D eigenvalue weighted by Gasteiger charge is -2.26. The van der Waals surface area contributed by atoms with Crippen LogP contribution in [0.15, 0.2) is 190 Å². The fourth-order valence-electron chi connectivity index (χ4n) is 9.41. The van der Waals surface area contributed by atoms with Gasteiger partial charge in [0, 0.05) is 34.5 Å². The molecule has 0 aliphatic carbocycles. The third-order valence-electron chi connectivity index (χ3n) is 13.1. The van der Waals surface area contributed by atoms with Crippen LogP contribution in [-0.2, 0) is 10.8 Å². The highest BCUT2D eigenvalue weighted by Crippen LogP contribution is 2.40. The molecule has 0 N–H and O–H groups in total. The van der Waals surface area contributed by atoms with Crippen molar-refractivity contribution in [1.29, 1.82) is 5.26 Å². The van der Waals surface area contributed by atoms with Gasteiger partial charge in [0.05, 0.1) is 39.5 Å². The molecule has 67 heavy (non-hydrogen) atoms. The van der Waals surface area contributed by atoms with Gasteiger partial charge in [0.15, 0.2) is 5.84 Å². The smallest absolute Gasteiger partial charge is 0.179 e. The molecule has 6 nitrogen and oxygen atoms in total. The summed E-state index contributed by atoms with van der Waals surface area (Å²) in [5, 5.41) is 14.0. The number of hydrogen-bond acceptors (Lipinski definition) is 5. The number of nitriles is 1. The molecule has 0 fully saturated rings. The Bertz CT molecular complexity index is 3700. The van der Waals surface area contributed by atoms with E-state index in [2.05, 4.69) is 174 Å². The molecule has 0 unspecified atom stereocenters. The lowest BCUT2D eigenvalue weighted by molar-refractivity contribution is 0.568. The number of rotatable bonds is 6. The number of hydrogen-bond donors (Lipinski definition) is 0. The number of benzene rings is 7. The van der Waals surface area contributed by atoms with Gasteiger partial charge < -0.3 is 8.98 Å². The Morgan fingerprint density at radius 2 is 1.19 bits per heavy atom. The van der Waals surface area contributed by atoms with Gasteiger partial charge in [-0.15, -0.1) is 0 Å². The van der Waals surface area contributed by atoms with E-state index in [1.165, 1.54) is 38.6 Å². The summed E-state index contributed by atoms with van der Waals surface area (Å²) in [6, 6.07) is 59.6. The molecule has 3 aromatic heterocycles. The number of pyridine rings is 1. The Kier molecular flexibility index (Phi) is 9.97. The highest BCUT2D eigenvalue weighted by Gasteiger charge is 2.24. The largest absolute Gasteiger partial charge is 0.456 e. The molecular weight excluding hydrogens is 819 g/mol. The van der Waals surface area contributed by atoms with Crippen LogP contribution in [0.2, 0.25) is 0 Å². The van der Waals surface area contributed by atoms with Crippen molar-refractivity contribution in [1.82, 2.24) is 9.55 Å². The minimum Gasteiger partial charge on any atom is -0.456 e. The van der Waals surface area contributed by atoms with E-state index in [9.17, 15) is 5.26 Å². The van der Waals surface area contributed by atoms with E-state index >= 15 is 0 Å². The Balaban J connectivity index is 1.04. The number of nitrogens with zero attached hydrogens (tertiary/aromatic N) is 5. The van der Waals surface area contributed by atoms with E-state index in [4.69, 9.17) is 19.4 Å². The summed E-state index contributed by atoms with van der Waals surface area (Å²) in [5.41, 5.74) is 16.7. The number of para-hydroxylation sites is 1. The van der Waals surface area contributed by atoms with Crippen molar-refractivity contribution in [2.45, 2.75) is 58.8 Å². The molecule has 0 saturated carbocycles. The maximum absolute atomic E-state index is 9.78. The zero-order valence-corrected chi connectivity index (χ0v) is 38.6. The standard InChI is InChI=1S/C61H49N5O/c1-60(2,3)44-34-45(61(4,5)6)36-46(35-44)66-53-19-13-12-18-48(53)49-32-41(24-28-54(49)66)42-25-29-55-50(33-42)57-56(67-55)30-31-63-58(57)59-64-51(39-14-8-7-9-15-39)26-27-52(65-59)40-22-20-38(21-23-40)47-17-11-10-16-43(47)37-62/h7-26,28-36H,27H2,1-6H3. The van der Waals surface area contributed by atoms with Crippen molar-refractivity contribution < 1.29 is 4.42 Å². The molecule has 6 heteroatoms. The molecule has 324 valence electrons. The Hall–Kier alpha value is -8.14.